The normalized spacial score (nSPS) is 22.7. The third-order valence-corrected chi connectivity index (χ3v) is 11.5. The lowest BCUT2D eigenvalue weighted by molar-refractivity contribution is -0.151. The van der Waals surface area contributed by atoms with E-state index in [0.717, 1.165) is 24.8 Å². The average Bonchev–Trinajstić information content (AvgIpc) is 3.77. The minimum absolute atomic E-state index is 0.00359. The number of H-pyrrole nitrogens is 1. The van der Waals surface area contributed by atoms with Crippen LogP contribution in [0.3, 0.4) is 0 Å². The van der Waals surface area contributed by atoms with E-state index in [1.54, 1.807) is 6.92 Å². The topological polar surface area (TPSA) is 176 Å². The van der Waals surface area contributed by atoms with Crippen LogP contribution in [-0.2, 0) is 73.5 Å². The van der Waals surface area contributed by atoms with Gasteiger partial charge in [0.05, 0.1) is 39.7 Å². The molecule has 53 heavy (non-hydrogen) atoms. The Kier molecular flexibility index (Phi) is 12.1. The number of carbonyl (C=O) groups is 6. The van der Waals surface area contributed by atoms with Gasteiger partial charge in [-0.1, -0.05) is 44.2 Å². The standard InChI is InChI=1S/C40H50N2O11/c1-39(2)24-12-15-28(39)31(18-24)53-35(46)20-29-26(14-17-33(44)50-5)37(47)42-40(29,3)21-30-25(13-16-32(43)49-4)27(19-34(45)51-6)36(41-30)38(48)52-22-23-10-8-7-9-11-23/h7-11,24,28,31,41H,12-22H2,1-6H3,(H,42,47)/t24-,28+,31+,40?/m0/s1. The molecule has 0 spiro atoms. The lowest BCUT2D eigenvalue weighted by Gasteiger charge is -2.30. The fourth-order valence-electron chi connectivity index (χ4n) is 8.51. The fraction of sp³-hybridized carbons (Fsp3) is 0.550. The maximum absolute atomic E-state index is 13.7. The largest absolute Gasteiger partial charge is 0.469 e. The molecule has 2 fully saturated rings. The summed E-state index contributed by atoms with van der Waals surface area (Å²) in [6.45, 7) is 6.18. The summed E-state index contributed by atoms with van der Waals surface area (Å²) < 4.78 is 26.5. The number of hydrogen-bond acceptors (Lipinski definition) is 11. The molecule has 4 atom stereocenters. The van der Waals surface area contributed by atoms with E-state index < -0.39 is 41.3 Å². The van der Waals surface area contributed by atoms with Crippen molar-refractivity contribution in [3.63, 3.8) is 0 Å². The van der Waals surface area contributed by atoms with Gasteiger partial charge in [0, 0.05) is 36.4 Å². The van der Waals surface area contributed by atoms with Gasteiger partial charge in [0.15, 0.2) is 0 Å². The second-order valence-corrected chi connectivity index (χ2v) is 15.0. The molecule has 13 nitrogen and oxygen atoms in total. The van der Waals surface area contributed by atoms with Gasteiger partial charge < -0.3 is 34.0 Å². The monoisotopic (exact) mass is 734 g/mol. The van der Waals surface area contributed by atoms with E-state index in [4.69, 9.17) is 23.7 Å². The Morgan fingerprint density at radius 2 is 1.47 bits per heavy atom. The van der Waals surface area contributed by atoms with Crippen LogP contribution in [-0.4, -0.2) is 73.7 Å². The summed E-state index contributed by atoms with van der Waals surface area (Å²) in [6, 6.07) is 9.10. The predicted octanol–water partition coefficient (Wildman–Crippen LogP) is 4.63. The number of hydrogen-bond donors (Lipinski definition) is 2. The van der Waals surface area contributed by atoms with E-state index in [1.165, 1.54) is 21.3 Å². The zero-order valence-corrected chi connectivity index (χ0v) is 31.4. The van der Waals surface area contributed by atoms with Gasteiger partial charge in [0.25, 0.3) is 0 Å². The molecule has 1 amide bonds. The Hall–Kier alpha value is -4.94. The van der Waals surface area contributed by atoms with Crippen molar-refractivity contribution >= 4 is 35.8 Å². The molecule has 13 heteroatoms. The number of fused-ring (bicyclic) bond motifs is 2. The summed E-state index contributed by atoms with van der Waals surface area (Å²) in [5.41, 5.74) is 1.58. The minimum Gasteiger partial charge on any atom is -0.469 e. The third kappa shape index (κ3) is 8.66. The van der Waals surface area contributed by atoms with Crippen molar-refractivity contribution in [2.75, 3.05) is 21.3 Å². The van der Waals surface area contributed by atoms with Crippen molar-refractivity contribution in [3.8, 4) is 0 Å². The van der Waals surface area contributed by atoms with Crippen LogP contribution in [0.25, 0.3) is 0 Å². The van der Waals surface area contributed by atoms with E-state index in [1.807, 2.05) is 30.3 Å². The SMILES string of the molecule is COC(=O)CCC1=C(CC(=O)O[C@@H]2C[C@@H]3CC[C@H]2C3(C)C)C(C)(Cc2[nH]c(C(=O)OCc3ccccc3)c(CC(=O)OC)c2CCC(=O)OC)NC1=O. The van der Waals surface area contributed by atoms with Crippen LogP contribution in [0.5, 0.6) is 0 Å². The van der Waals surface area contributed by atoms with Crippen molar-refractivity contribution in [2.45, 2.75) is 103 Å². The lowest BCUT2D eigenvalue weighted by Crippen LogP contribution is -2.44. The van der Waals surface area contributed by atoms with Crippen molar-refractivity contribution in [3.05, 3.63) is 69.6 Å². The van der Waals surface area contributed by atoms with Gasteiger partial charge in [-0.2, -0.15) is 0 Å². The van der Waals surface area contributed by atoms with E-state index in [2.05, 4.69) is 24.1 Å². The van der Waals surface area contributed by atoms with E-state index in [0.29, 0.717) is 22.7 Å². The highest BCUT2D eigenvalue weighted by molar-refractivity contribution is 6.00. The second kappa shape index (κ2) is 16.4. The molecule has 2 N–H and O–H groups in total. The van der Waals surface area contributed by atoms with Gasteiger partial charge in [-0.3, -0.25) is 24.0 Å². The summed E-state index contributed by atoms with van der Waals surface area (Å²) in [7, 11) is 3.76. The number of amides is 1. The molecule has 2 saturated carbocycles. The molecule has 2 bridgehead atoms. The van der Waals surface area contributed by atoms with Gasteiger partial charge in [-0.05, 0) is 72.6 Å². The number of methoxy groups -OCH3 is 3. The first-order valence-electron chi connectivity index (χ1n) is 18.1. The van der Waals surface area contributed by atoms with E-state index in [-0.39, 0.29) is 85.8 Å². The van der Waals surface area contributed by atoms with E-state index >= 15 is 0 Å². The zero-order chi connectivity index (χ0) is 38.5. The molecule has 1 aliphatic heterocycles. The molecule has 5 rings (SSSR count). The first-order chi connectivity index (χ1) is 25.2. The van der Waals surface area contributed by atoms with Crippen LogP contribution in [0.4, 0.5) is 0 Å². The summed E-state index contributed by atoms with van der Waals surface area (Å²) >= 11 is 0. The number of esters is 5. The van der Waals surface area contributed by atoms with E-state index in [9.17, 15) is 28.8 Å². The van der Waals surface area contributed by atoms with Gasteiger partial charge in [0.2, 0.25) is 5.91 Å². The highest BCUT2D eigenvalue weighted by Gasteiger charge is 2.55. The second-order valence-electron chi connectivity index (χ2n) is 15.0. The Morgan fingerprint density at radius 3 is 2.08 bits per heavy atom. The molecule has 0 radical (unpaired) electrons. The smallest absolute Gasteiger partial charge is 0.355 e. The van der Waals surface area contributed by atoms with Crippen molar-refractivity contribution in [1.29, 1.82) is 0 Å². The number of aromatic nitrogens is 1. The number of nitrogens with one attached hydrogen (secondary N) is 2. The molecular weight excluding hydrogens is 684 g/mol. The number of ether oxygens (including phenoxy) is 5. The molecule has 2 aromatic rings. The molecule has 1 aromatic heterocycles. The molecule has 3 aliphatic rings. The van der Waals surface area contributed by atoms with Crippen LogP contribution in [0.15, 0.2) is 41.5 Å². The van der Waals surface area contributed by atoms with Crippen LogP contribution in [0.1, 0.15) is 98.6 Å². The number of rotatable bonds is 16. The first kappa shape index (κ1) is 39.3. The van der Waals surface area contributed by atoms with Crippen LogP contribution in [0.2, 0.25) is 0 Å². The number of aromatic amines is 1. The van der Waals surface area contributed by atoms with Crippen LogP contribution < -0.4 is 5.32 Å². The molecule has 2 aliphatic carbocycles. The van der Waals surface area contributed by atoms with Gasteiger partial charge in [0.1, 0.15) is 18.4 Å². The van der Waals surface area contributed by atoms with Gasteiger partial charge in [-0.15, -0.1) is 0 Å². The average molecular weight is 735 g/mol. The molecule has 2 heterocycles. The first-order valence-corrected chi connectivity index (χ1v) is 18.1. The molecule has 1 unspecified atom stereocenters. The quantitative estimate of drug-likeness (QED) is 0.182. The number of benzene rings is 1. The van der Waals surface area contributed by atoms with Gasteiger partial charge in [-0.25, -0.2) is 4.79 Å². The lowest BCUT2D eigenvalue weighted by atomic mass is 9.82. The highest BCUT2D eigenvalue weighted by Crippen LogP contribution is 2.58. The van der Waals surface area contributed by atoms with Crippen molar-refractivity contribution in [2.24, 2.45) is 17.3 Å². The Labute approximate surface area is 309 Å². The molecular formula is C40H50N2O11. The molecule has 1 aromatic carbocycles. The third-order valence-electron chi connectivity index (χ3n) is 11.5. The Morgan fingerprint density at radius 1 is 0.811 bits per heavy atom. The zero-order valence-electron chi connectivity index (χ0n) is 31.4. The van der Waals surface area contributed by atoms with Crippen molar-refractivity contribution < 1.29 is 52.5 Å². The number of carbonyl (C=O) groups excluding carboxylic acids is 6. The molecule has 0 saturated heterocycles. The predicted molar refractivity (Wildman–Crippen MR) is 190 cm³/mol. The Balaban J connectivity index is 1.51. The van der Waals surface area contributed by atoms with Crippen molar-refractivity contribution in [1.82, 2.24) is 10.3 Å². The Bertz CT molecular complexity index is 1780. The summed E-state index contributed by atoms with van der Waals surface area (Å²) in [6.07, 6.45) is 2.15. The fourth-order valence-corrected chi connectivity index (χ4v) is 8.51. The maximum atomic E-state index is 13.7. The van der Waals surface area contributed by atoms with Gasteiger partial charge >= 0.3 is 29.8 Å². The highest BCUT2D eigenvalue weighted by atomic mass is 16.5. The van der Waals surface area contributed by atoms with Crippen LogP contribution >= 0.6 is 0 Å². The maximum Gasteiger partial charge on any atom is 0.355 e. The van der Waals surface area contributed by atoms with Crippen LogP contribution in [0, 0.1) is 17.3 Å². The minimum atomic E-state index is -1.20. The summed E-state index contributed by atoms with van der Waals surface area (Å²) in [5.74, 6) is -2.55. The molecule has 286 valence electrons. The summed E-state index contributed by atoms with van der Waals surface area (Å²) in [5, 5.41) is 3.03. The summed E-state index contributed by atoms with van der Waals surface area (Å²) in [4.78, 5) is 81.5.